The van der Waals surface area contributed by atoms with Gasteiger partial charge in [-0.25, -0.2) is 8.42 Å². The van der Waals surface area contributed by atoms with Crippen LogP contribution in [0.5, 0.6) is 0 Å². The summed E-state index contributed by atoms with van der Waals surface area (Å²) in [5, 5.41) is 6.86. The predicted octanol–water partition coefficient (Wildman–Crippen LogP) is 2.89. The number of H-pyrrole nitrogens is 1. The van der Waals surface area contributed by atoms with Crippen LogP contribution in [-0.4, -0.2) is 24.4 Å². The fourth-order valence-corrected chi connectivity index (χ4v) is 2.82. The summed E-state index contributed by atoms with van der Waals surface area (Å²) in [4.78, 5) is 0. The molecule has 0 atom stereocenters. The molecule has 0 radical (unpaired) electrons. The zero-order valence-corrected chi connectivity index (χ0v) is 13.5. The average molecular weight is 287 g/mol. The highest BCUT2D eigenvalue weighted by Gasteiger charge is 2.20. The van der Waals surface area contributed by atoms with Gasteiger partial charge in [-0.2, -0.15) is 5.10 Å². The highest BCUT2D eigenvalue weighted by atomic mass is 32.2. The van der Waals surface area contributed by atoms with Crippen molar-refractivity contribution in [3.63, 3.8) is 0 Å². The van der Waals surface area contributed by atoms with Gasteiger partial charge in [0, 0.05) is 17.2 Å². The number of rotatable bonds is 4. The van der Waals surface area contributed by atoms with E-state index < -0.39 is 10.0 Å². The van der Waals surface area contributed by atoms with E-state index in [4.69, 9.17) is 0 Å². The van der Waals surface area contributed by atoms with E-state index in [-0.39, 0.29) is 16.6 Å². The van der Waals surface area contributed by atoms with Gasteiger partial charge in [-0.15, -0.1) is 0 Å². The Morgan fingerprint density at radius 1 is 1.21 bits per heavy atom. The van der Waals surface area contributed by atoms with E-state index in [2.05, 4.69) is 14.9 Å². The van der Waals surface area contributed by atoms with Crippen molar-refractivity contribution < 1.29 is 8.42 Å². The Morgan fingerprint density at radius 3 is 2.21 bits per heavy atom. The second kappa shape index (κ2) is 5.15. The second-order valence-electron chi connectivity index (χ2n) is 7.15. The number of hydrogen-bond acceptors (Lipinski definition) is 3. The van der Waals surface area contributed by atoms with E-state index in [9.17, 15) is 8.42 Å². The maximum Gasteiger partial charge on any atom is 0.233 e. The number of anilines is 1. The first-order chi connectivity index (χ1) is 8.39. The van der Waals surface area contributed by atoms with Gasteiger partial charge >= 0.3 is 0 Å². The number of nitrogens with zero attached hydrogens (tertiary/aromatic N) is 1. The van der Waals surface area contributed by atoms with Crippen LogP contribution < -0.4 is 4.72 Å². The molecule has 6 heteroatoms. The highest BCUT2D eigenvalue weighted by molar-refractivity contribution is 7.92. The van der Waals surface area contributed by atoms with Gasteiger partial charge in [0.1, 0.15) is 0 Å². The van der Waals surface area contributed by atoms with Gasteiger partial charge in [0.15, 0.2) is 5.82 Å². The van der Waals surface area contributed by atoms with E-state index in [0.717, 1.165) is 5.69 Å². The zero-order chi connectivity index (χ0) is 14.9. The van der Waals surface area contributed by atoms with Crippen LogP contribution in [0.2, 0.25) is 0 Å². The molecule has 0 bridgehead atoms. The summed E-state index contributed by atoms with van der Waals surface area (Å²) in [5.74, 6) is 0.465. The first-order valence-corrected chi connectivity index (χ1v) is 8.11. The third-order valence-corrected chi connectivity index (χ3v) is 4.03. The topological polar surface area (TPSA) is 74.8 Å². The van der Waals surface area contributed by atoms with Gasteiger partial charge < -0.3 is 0 Å². The van der Waals surface area contributed by atoms with Crippen LogP contribution in [0.1, 0.15) is 53.7 Å². The predicted molar refractivity (Wildman–Crippen MR) is 78.8 cm³/mol. The van der Waals surface area contributed by atoms with Crippen LogP contribution in [0.3, 0.4) is 0 Å². The van der Waals surface area contributed by atoms with Crippen LogP contribution in [-0.2, 0) is 15.4 Å². The molecule has 0 amide bonds. The number of hydrogen-bond donors (Lipinski definition) is 2. The summed E-state index contributed by atoms with van der Waals surface area (Å²) in [6.07, 6.45) is 0.610. The zero-order valence-electron chi connectivity index (χ0n) is 12.7. The lowest BCUT2D eigenvalue weighted by Gasteiger charge is -2.17. The summed E-state index contributed by atoms with van der Waals surface area (Å²) < 4.78 is 26.4. The number of aromatic amines is 1. The maximum atomic E-state index is 11.9. The minimum absolute atomic E-state index is 0.00308. The van der Waals surface area contributed by atoms with Crippen molar-refractivity contribution >= 4 is 15.8 Å². The summed E-state index contributed by atoms with van der Waals surface area (Å²) >= 11 is 0. The van der Waals surface area contributed by atoms with Crippen molar-refractivity contribution in [1.82, 2.24) is 10.2 Å². The number of nitrogens with one attached hydrogen (secondary N) is 2. The lowest BCUT2D eigenvalue weighted by molar-refractivity contribution is 0.397. The minimum Gasteiger partial charge on any atom is -0.280 e. The molecule has 1 aromatic rings. The van der Waals surface area contributed by atoms with E-state index in [1.165, 1.54) is 0 Å². The van der Waals surface area contributed by atoms with Crippen LogP contribution >= 0.6 is 0 Å². The molecule has 0 aromatic carbocycles. The smallest absolute Gasteiger partial charge is 0.233 e. The van der Waals surface area contributed by atoms with Crippen molar-refractivity contribution in [2.45, 2.75) is 53.4 Å². The van der Waals surface area contributed by atoms with Crippen molar-refractivity contribution in [2.24, 2.45) is 5.41 Å². The summed E-state index contributed by atoms with van der Waals surface area (Å²) in [6.45, 7) is 12.2. The molecule has 1 heterocycles. The first kappa shape index (κ1) is 16.0. The van der Waals surface area contributed by atoms with E-state index in [1.807, 2.05) is 41.5 Å². The van der Waals surface area contributed by atoms with Gasteiger partial charge in [-0.3, -0.25) is 9.82 Å². The average Bonchev–Trinajstić information content (AvgIpc) is 2.61. The van der Waals surface area contributed by atoms with Gasteiger partial charge in [0.05, 0.1) is 5.75 Å². The molecule has 0 aliphatic rings. The van der Waals surface area contributed by atoms with Crippen LogP contribution in [0, 0.1) is 5.41 Å². The molecular weight excluding hydrogens is 262 g/mol. The third-order valence-electron chi connectivity index (χ3n) is 2.77. The largest absolute Gasteiger partial charge is 0.280 e. The van der Waals surface area contributed by atoms with Crippen LogP contribution in [0.4, 0.5) is 5.82 Å². The SMILES string of the molecule is CC(C)(C)CCS(=O)(=O)Nc1cc(C(C)(C)C)[nH]n1. The molecule has 5 nitrogen and oxygen atoms in total. The van der Waals surface area contributed by atoms with Crippen molar-refractivity contribution in [1.29, 1.82) is 0 Å². The number of sulfonamides is 1. The number of aromatic nitrogens is 2. The molecule has 110 valence electrons. The molecule has 0 aliphatic carbocycles. The van der Waals surface area contributed by atoms with Gasteiger partial charge in [-0.1, -0.05) is 41.5 Å². The molecular formula is C13H25N3O2S. The molecule has 0 aliphatic heterocycles. The fourth-order valence-electron chi connectivity index (χ4n) is 1.41. The molecule has 0 unspecified atom stereocenters. The second-order valence-corrected chi connectivity index (χ2v) is 8.99. The maximum absolute atomic E-state index is 11.9. The van der Waals surface area contributed by atoms with Gasteiger partial charge in [0.2, 0.25) is 10.0 Å². The Kier molecular flexibility index (Phi) is 4.34. The van der Waals surface area contributed by atoms with Crippen molar-refractivity contribution in [3.8, 4) is 0 Å². The molecule has 2 N–H and O–H groups in total. The lowest BCUT2D eigenvalue weighted by atomic mass is 9.92. The molecule has 0 spiro atoms. The van der Waals surface area contributed by atoms with Gasteiger partial charge in [0.25, 0.3) is 0 Å². The quantitative estimate of drug-likeness (QED) is 0.894. The third kappa shape index (κ3) is 5.63. The standard InChI is InChI=1S/C13H25N3O2S/c1-12(2,3)7-8-19(17,18)16-11-9-10(14-15-11)13(4,5)6/h9H,7-8H2,1-6H3,(H2,14,15,16). The Hall–Kier alpha value is -1.04. The summed E-state index contributed by atoms with van der Waals surface area (Å²) in [5.41, 5.74) is 0.819. The molecule has 1 aromatic heterocycles. The van der Waals surface area contributed by atoms with Crippen LogP contribution in [0.25, 0.3) is 0 Å². The fraction of sp³-hybridized carbons (Fsp3) is 0.769. The Balaban J connectivity index is 2.71. The van der Waals surface area contributed by atoms with Crippen molar-refractivity contribution in [2.75, 3.05) is 10.5 Å². The molecule has 0 saturated heterocycles. The van der Waals surface area contributed by atoms with E-state index in [1.54, 1.807) is 6.07 Å². The first-order valence-electron chi connectivity index (χ1n) is 6.45. The summed E-state index contributed by atoms with van der Waals surface area (Å²) in [6, 6.07) is 1.74. The molecule has 0 fully saturated rings. The Bertz CT molecular complexity index is 519. The lowest BCUT2D eigenvalue weighted by Crippen LogP contribution is -2.21. The Morgan fingerprint density at radius 2 is 1.79 bits per heavy atom. The van der Waals surface area contributed by atoms with Gasteiger partial charge in [-0.05, 0) is 11.8 Å². The van der Waals surface area contributed by atoms with E-state index >= 15 is 0 Å². The molecule has 19 heavy (non-hydrogen) atoms. The molecule has 1 rings (SSSR count). The van der Waals surface area contributed by atoms with E-state index in [0.29, 0.717) is 12.2 Å². The monoisotopic (exact) mass is 287 g/mol. The van der Waals surface area contributed by atoms with Crippen LogP contribution in [0.15, 0.2) is 6.07 Å². The van der Waals surface area contributed by atoms with Crippen molar-refractivity contribution in [3.05, 3.63) is 11.8 Å². The normalized spacial score (nSPS) is 13.6. The minimum atomic E-state index is -3.33. The highest BCUT2D eigenvalue weighted by Crippen LogP contribution is 2.23. The Labute approximate surface area is 116 Å². The summed E-state index contributed by atoms with van der Waals surface area (Å²) in [7, 11) is -3.33. The molecule has 0 saturated carbocycles.